The lowest BCUT2D eigenvalue weighted by Crippen LogP contribution is -1.98. The summed E-state index contributed by atoms with van der Waals surface area (Å²) in [6.45, 7) is -0.245. The molecule has 1 N–H and O–H groups in total. The minimum Gasteiger partial charge on any atom is -0.474 e. The summed E-state index contributed by atoms with van der Waals surface area (Å²) in [6, 6.07) is 6.05. The summed E-state index contributed by atoms with van der Waals surface area (Å²) < 4.78 is 5.13. The number of nitro groups is 1. The molecule has 17 heavy (non-hydrogen) atoms. The van der Waals surface area contributed by atoms with E-state index in [0.717, 1.165) is 0 Å². The summed E-state index contributed by atoms with van der Waals surface area (Å²) in [4.78, 5) is 10.1. The Hall–Kier alpha value is -2.50. The Morgan fingerprint density at radius 3 is 2.71 bits per heavy atom. The maximum atomic E-state index is 10.6. The number of nitro benzene ring substituents is 1. The number of ether oxygens (including phenoxy) is 1. The predicted octanol–water partition coefficient (Wildman–Crippen LogP) is 0.973. The highest BCUT2D eigenvalue weighted by atomic mass is 16.6. The third-order valence-electron chi connectivity index (χ3n) is 1.68. The Morgan fingerprint density at radius 2 is 2.00 bits per heavy atom. The molecule has 5 heteroatoms. The molecular formula is C12H9NO4. The Labute approximate surface area is 98.2 Å². The first-order chi connectivity index (χ1) is 8.25. The molecule has 0 spiro atoms. The SMILES string of the molecule is O=[N+]([O-])c1ccccc1OCC#CC#CCO. The molecule has 0 aliphatic rings. The highest BCUT2D eigenvalue weighted by Gasteiger charge is 2.12. The molecule has 5 nitrogen and oxygen atoms in total. The van der Waals surface area contributed by atoms with Crippen molar-refractivity contribution in [3.8, 4) is 29.4 Å². The maximum Gasteiger partial charge on any atom is 0.310 e. The van der Waals surface area contributed by atoms with Crippen molar-refractivity contribution in [1.82, 2.24) is 0 Å². The van der Waals surface area contributed by atoms with Crippen molar-refractivity contribution in [2.24, 2.45) is 0 Å². The van der Waals surface area contributed by atoms with Gasteiger partial charge in [-0.25, -0.2) is 0 Å². The van der Waals surface area contributed by atoms with E-state index in [1.807, 2.05) is 0 Å². The van der Waals surface area contributed by atoms with E-state index in [1.54, 1.807) is 12.1 Å². The van der Waals surface area contributed by atoms with Crippen LogP contribution in [0, 0.1) is 33.8 Å². The lowest BCUT2D eigenvalue weighted by molar-refractivity contribution is -0.385. The largest absolute Gasteiger partial charge is 0.474 e. The van der Waals surface area contributed by atoms with Crippen molar-refractivity contribution in [3.05, 3.63) is 34.4 Å². The van der Waals surface area contributed by atoms with Gasteiger partial charge in [-0.05, 0) is 23.8 Å². The third-order valence-corrected chi connectivity index (χ3v) is 1.68. The minimum atomic E-state index is -0.520. The molecule has 0 unspecified atom stereocenters. The Bertz CT molecular complexity index is 517. The van der Waals surface area contributed by atoms with Crippen molar-refractivity contribution in [1.29, 1.82) is 0 Å². The zero-order chi connectivity index (χ0) is 12.5. The zero-order valence-electron chi connectivity index (χ0n) is 8.84. The summed E-state index contributed by atoms with van der Waals surface area (Å²) in [5.41, 5.74) is -0.101. The number of aliphatic hydroxyl groups is 1. The van der Waals surface area contributed by atoms with Crippen LogP contribution in [0.2, 0.25) is 0 Å². The van der Waals surface area contributed by atoms with Gasteiger partial charge in [-0.15, -0.1) is 0 Å². The first kappa shape index (κ1) is 12.6. The lowest BCUT2D eigenvalue weighted by Gasteiger charge is -2.01. The smallest absolute Gasteiger partial charge is 0.310 e. The van der Waals surface area contributed by atoms with Crippen LogP contribution in [0.3, 0.4) is 0 Å². The van der Waals surface area contributed by atoms with Crippen LogP contribution < -0.4 is 4.74 Å². The normalized spacial score (nSPS) is 8.29. The molecule has 0 saturated heterocycles. The molecule has 0 fully saturated rings. The van der Waals surface area contributed by atoms with Gasteiger partial charge in [0, 0.05) is 6.07 Å². The first-order valence-corrected chi connectivity index (χ1v) is 4.68. The summed E-state index contributed by atoms with van der Waals surface area (Å²) in [5, 5.41) is 19.0. The molecule has 1 aromatic carbocycles. The highest BCUT2D eigenvalue weighted by molar-refractivity contribution is 5.45. The van der Waals surface area contributed by atoms with Gasteiger partial charge in [0.1, 0.15) is 13.2 Å². The minimum absolute atomic E-state index is 0.00492. The molecule has 1 aromatic rings. The molecule has 0 amide bonds. The van der Waals surface area contributed by atoms with Gasteiger partial charge >= 0.3 is 5.69 Å². The van der Waals surface area contributed by atoms with Crippen LogP contribution in [0.5, 0.6) is 5.75 Å². The molecule has 0 aliphatic carbocycles. The summed E-state index contributed by atoms with van der Waals surface area (Å²) in [7, 11) is 0. The van der Waals surface area contributed by atoms with E-state index >= 15 is 0 Å². The summed E-state index contributed by atoms with van der Waals surface area (Å²) in [6.07, 6.45) is 0. The van der Waals surface area contributed by atoms with Crippen LogP contribution in [0.25, 0.3) is 0 Å². The predicted molar refractivity (Wildman–Crippen MR) is 61.2 cm³/mol. The van der Waals surface area contributed by atoms with Crippen LogP contribution in [0.4, 0.5) is 5.69 Å². The van der Waals surface area contributed by atoms with E-state index in [9.17, 15) is 10.1 Å². The fourth-order valence-electron chi connectivity index (χ4n) is 1.01. The lowest BCUT2D eigenvalue weighted by atomic mass is 10.3. The average molecular weight is 231 g/mol. The van der Waals surface area contributed by atoms with Crippen LogP contribution in [-0.4, -0.2) is 23.2 Å². The van der Waals surface area contributed by atoms with Crippen molar-refractivity contribution in [3.63, 3.8) is 0 Å². The van der Waals surface area contributed by atoms with Gasteiger partial charge in [0.15, 0.2) is 5.75 Å². The van der Waals surface area contributed by atoms with E-state index in [2.05, 4.69) is 23.7 Å². The van der Waals surface area contributed by atoms with Gasteiger partial charge in [-0.3, -0.25) is 10.1 Å². The molecule has 0 aromatic heterocycles. The third kappa shape index (κ3) is 4.25. The fraction of sp³-hybridized carbons (Fsp3) is 0.167. The van der Waals surface area contributed by atoms with Gasteiger partial charge in [-0.2, -0.15) is 0 Å². The van der Waals surface area contributed by atoms with Gasteiger partial charge in [0.05, 0.1) is 4.92 Å². The second-order valence-electron chi connectivity index (χ2n) is 2.78. The maximum absolute atomic E-state index is 10.6. The number of para-hydroxylation sites is 2. The molecular weight excluding hydrogens is 222 g/mol. The van der Waals surface area contributed by atoms with Crippen LogP contribution in [-0.2, 0) is 0 Å². The molecule has 0 atom stereocenters. The van der Waals surface area contributed by atoms with Crippen molar-refractivity contribution in [2.75, 3.05) is 13.2 Å². The fourth-order valence-corrected chi connectivity index (χ4v) is 1.01. The monoisotopic (exact) mass is 231 g/mol. The number of nitrogens with zero attached hydrogens (tertiary/aromatic N) is 1. The standard InChI is InChI=1S/C12H9NO4/c14-9-5-1-2-6-10-17-12-8-4-3-7-11(12)13(15)16/h3-4,7-8,14H,9-10H2. The van der Waals surface area contributed by atoms with Crippen LogP contribution >= 0.6 is 0 Å². The molecule has 0 bridgehead atoms. The van der Waals surface area contributed by atoms with E-state index in [1.165, 1.54) is 12.1 Å². The Kier molecular flexibility index (Phi) is 5.09. The molecule has 0 saturated carbocycles. The first-order valence-electron chi connectivity index (χ1n) is 4.68. The van der Waals surface area contributed by atoms with Crippen molar-refractivity contribution in [2.45, 2.75) is 0 Å². The van der Waals surface area contributed by atoms with Gasteiger partial charge in [-0.1, -0.05) is 18.1 Å². The second-order valence-corrected chi connectivity index (χ2v) is 2.78. The van der Waals surface area contributed by atoms with E-state index < -0.39 is 4.92 Å². The molecule has 0 aliphatic heterocycles. The van der Waals surface area contributed by atoms with Crippen molar-refractivity contribution < 1.29 is 14.8 Å². The van der Waals surface area contributed by atoms with Gasteiger partial charge in [0.25, 0.3) is 0 Å². The van der Waals surface area contributed by atoms with Gasteiger partial charge < -0.3 is 9.84 Å². The molecule has 1 rings (SSSR count). The number of hydrogen-bond acceptors (Lipinski definition) is 4. The zero-order valence-corrected chi connectivity index (χ0v) is 8.84. The Morgan fingerprint density at radius 1 is 1.29 bits per heavy atom. The highest BCUT2D eigenvalue weighted by Crippen LogP contribution is 2.25. The number of rotatable bonds is 3. The van der Waals surface area contributed by atoms with E-state index in [0.29, 0.717) is 0 Å². The number of hydrogen-bond donors (Lipinski definition) is 1. The molecule has 0 radical (unpaired) electrons. The number of benzene rings is 1. The van der Waals surface area contributed by atoms with Gasteiger partial charge in [0.2, 0.25) is 0 Å². The van der Waals surface area contributed by atoms with E-state index in [4.69, 9.17) is 9.84 Å². The Balaban J connectivity index is 2.62. The topological polar surface area (TPSA) is 72.6 Å². The van der Waals surface area contributed by atoms with E-state index in [-0.39, 0.29) is 24.7 Å². The number of aliphatic hydroxyl groups excluding tert-OH is 1. The summed E-state index contributed by atoms with van der Waals surface area (Å²) >= 11 is 0. The second kappa shape index (κ2) is 6.89. The molecule has 86 valence electrons. The summed E-state index contributed by atoms with van der Waals surface area (Å²) in [5.74, 6) is 9.89. The average Bonchev–Trinajstić information content (AvgIpc) is 2.34. The van der Waals surface area contributed by atoms with Crippen molar-refractivity contribution >= 4 is 5.69 Å². The van der Waals surface area contributed by atoms with Crippen LogP contribution in [0.1, 0.15) is 0 Å². The molecule has 0 heterocycles. The quantitative estimate of drug-likeness (QED) is 0.478. The van der Waals surface area contributed by atoms with Crippen LogP contribution in [0.15, 0.2) is 24.3 Å².